The quantitative estimate of drug-likeness (QED) is 0.473. The maximum atomic E-state index is 11.2. The monoisotopic (exact) mass is 479 g/mol. The van der Waals surface area contributed by atoms with E-state index in [1.54, 1.807) is 0 Å². The smallest absolute Gasteiger partial charge is 0.134 e. The first-order valence-corrected chi connectivity index (χ1v) is 12.3. The maximum Gasteiger partial charge on any atom is 0.134 e. The lowest BCUT2D eigenvalue weighted by molar-refractivity contribution is -0.0646. The van der Waals surface area contributed by atoms with E-state index in [1.807, 2.05) is 55.7 Å². The van der Waals surface area contributed by atoms with Crippen molar-refractivity contribution in [2.24, 2.45) is 0 Å². The molecular weight excluding hydrogens is 442 g/mol. The molecule has 1 aromatic heterocycles. The van der Waals surface area contributed by atoms with Gasteiger partial charge in [0, 0.05) is 37.9 Å². The van der Waals surface area contributed by atoms with Gasteiger partial charge in [0.1, 0.15) is 36.1 Å². The van der Waals surface area contributed by atoms with Crippen LogP contribution < -0.4 is 9.47 Å². The van der Waals surface area contributed by atoms with Crippen LogP contribution in [0.3, 0.4) is 0 Å². The van der Waals surface area contributed by atoms with Crippen LogP contribution in [-0.4, -0.2) is 64.7 Å². The molecule has 7 heteroatoms. The first kappa shape index (κ1) is 25.2. The number of ether oxygens (including phenoxy) is 3. The number of aliphatic hydroxyl groups is 1. The van der Waals surface area contributed by atoms with Gasteiger partial charge in [0.25, 0.3) is 0 Å². The highest BCUT2D eigenvalue weighted by molar-refractivity contribution is 5.28. The van der Waals surface area contributed by atoms with Crippen LogP contribution in [0.1, 0.15) is 36.7 Å². The van der Waals surface area contributed by atoms with E-state index in [2.05, 4.69) is 40.4 Å². The van der Waals surface area contributed by atoms with Crippen molar-refractivity contribution in [3.8, 4) is 11.5 Å². The molecule has 4 rings (SSSR count). The number of imidazole rings is 1. The van der Waals surface area contributed by atoms with Gasteiger partial charge in [-0.3, -0.25) is 4.90 Å². The van der Waals surface area contributed by atoms with Crippen LogP contribution in [0.5, 0.6) is 11.5 Å². The highest BCUT2D eigenvalue weighted by atomic mass is 16.5. The number of aromatic nitrogens is 2. The highest BCUT2D eigenvalue weighted by Crippen LogP contribution is 2.20. The maximum absolute atomic E-state index is 11.2. The molecule has 0 amide bonds. The van der Waals surface area contributed by atoms with Gasteiger partial charge in [-0.2, -0.15) is 0 Å². The third-order valence-electron chi connectivity index (χ3n) is 6.16. The third-order valence-corrected chi connectivity index (χ3v) is 6.16. The van der Waals surface area contributed by atoms with Gasteiger partial charge in [0.2, 0.25) is 0 Å². The third kappa shape index (κ3) is 7.31. The minimum atomic E-state index is -1.06. The zero-order valence-corrected chi connectivity index (χ0v) is 21.0. The normalized spacial score (nSPS) is 19.0. The number of hydrogen-bond acceptors (Lipinski definition) is 6. The second-order valence-electron chi connectivity index (χ2n) is 9.72. The zero-order valence-electron chi connectivity index (χ0n) is 21.0. The van der Waals surface area contributed by atoms with E-state index >= 15 is 0 Å². The highest BCUT2D eigenvalue weighted by Gasteiger charge is 2.33. The van der Waals surface area contributed by atoms with E-state index in [9.17, 15) is 5.11 Å². The van der Waals surface area contributed by atoms with Crippen LogP contribution in [0.15, 0.2) is 60.9 Å². The molecule has 7 nitrogen and oxygen atoms in total. The fourth-order valence-corrected chi connectivity index (χ4v) is 4.29. The van der Waals surface area contributed by atoms with E-state index in [-0.39, 0.29) is 13.2 Å². The van der Waals surface area contributed by atoms with Crippen LogP contribution in [0.25, 0.3) is 0 Å². The Hall–Kier alpha value is -2.87. The molecule has 188 valence electrons. The SMILES string of the molecule is Cc1ccc(OC[C@]2(O)COCCN(Cc3ccc(OCCn4ccnc4C(C)C)cc3)C2)cc1. The van der Waals surface area contributed by atoms with Gasteiger partial charge in [0.15, 0.2) is 0 Å². The second-order valence-corrected chi connectivity index (χ2v) is 9.72. The van der Waals surface area contributed by atoms with Crippen molar-refractivity contribution >= 4 is 0 Å². The predicted octanol–water partition coefficient (Wildman–Crippen LogP) is 4.04. The van der Waals surface area contributed by atoms with Crippen molar-refractivity contribution in [3.63, 3.8) is 0 Å². The lowest BCUT2D eigenvalue weighted by Gasteiger charge is -2.30. The molecule has 0 radical (unpaired) electrons. The summed E-state index contributed by atoms with van der Waals surface area (Å²) in [5, 5.41) is 11.2. The van der Waals surface area contributed by atoms with E-state index in [4.69, 9.17) is 14.2 Å². The fraction of sp³-hybridized carbons (Fsp3) is 0.464. The van der Waals surface area contributed by atoms with Crippen molar-refractivity contribution in [1.82, 2.24) is 14.5 Å². The summed E-state index contributed by atoms with van der Waals surface area (Å²) in [5.41, 5.74) is 1.28. The van der Waals surface area contributed by atoms with E-state index in [0.717, 1.165) is 42.5 Å². The Morgan fingerprint density at radius 3 is 2.51 bits per heavy atom. The lowest BCUT2D eigenvalue weighted by atomic mass is 10.1. The molecule has 1 aliphatic heterocycles. The molecule has 1 aliphatic rings. The predicted molar refractivity (Wildman–Crippen MR) is 136 cm³/mol. The van der Waals surface area contributed by atoms with Gasteiger partial charge < -0.3 is 23.9 Å². The Kier molecular flexibility index (Phi) is 8.44. The van der Waals surface area contributed by atoms with Gasteiger partial charge in [-0.25, -0.2) is 4.98 Å². The summed E-state index contributed by atoms with van der Waals surface area (Å²) < 4.78 is 19.7. The molecule has 2 aromatic carbocycles. The molecule has 0 saturated carbocycles. The number of β-amino-alcohol motifs (C(OH)–C–C–N with tert-alkyl or cyclic N) is 1. The van der Waals surface area contributed by atoms with Crippen LogP contribution in [0.4, 0.5) is 0 Å². The average Bonchev–Trinajstić information content (AvgIpc) is 3.24. The number of nitrogens with zero attached hydrogens (tertiary/aromatic N) is 3. The van der Waals surface area contributed by atoms with Gasteiger partial charge in [0.05, 0.1) is 19.8 Å². The van der Waals surface area contributed by atoms with Crippen LogP contribution >= 0.6 is 0 Å². The van der Waals surface area contributed by atoms with Crippen LogP contribution in [0.2, 0.25) is 0 Å². The van der Waals surface area contributed by atoms with Crippen LogP contribution in [0, 0.1) is 6.92 Å². The Labute approximate surface area is 208 Å². The Bertz CT molecular complexity index is 1050. The van der Waals surface area contributed by atoms with Gasteiger partial charge >= 0.3 is 0 Å². The standard InChI is InChI=1S/C28H37N3O4/c1-22(2)27-29-12-13-31(27)15-17-34-25-10-6-24(7-11-25)18-30-14-16-33-20-28(32,19-30)21-35-26-8-4-23(3)5-9-26/h4-13,22,32H,14-21H2,1-3H3/t28-/m1/s1. The van der Waals surface area contributed by atoms with Crippen molar-refractivity contribution in [1.29, 1.82) is 0 Å². The Balaban J connectivity index is 1.27. The molecule has 0 unspecified atom stereocenters. The molecule has 35 heavy (non-hydrogen) atoms. The van der Waals surface area contributed by atoms with Crippen molar-refractivity contribution in [2.45, 2.75) is 45.4 Å². The van der Waals surface area contributed by atoms with Crippen molar-refractivity contribution in [2.75, 3.05) is 39.5 Å². The number of aryl methyl sites for hydroxylation is 1. The van der Waals surface area contributed by atoms with E-state index < -0.39 is 5.60 Å². The fourth-order valence-electron chi connectivity index (χ4n) is 4.29. The van der Waals surface area contributed by atoms with Crippen molar-refractivity contribution < 1.29 is 19.3 Å². The summed E-state index contributed by atoms with van der Waals surface area (Å²) in [6.07, 6.45) is 3.84. The summed E-state index contributed by atoms with van der Waals surface area (Å²) in [5.74, 6) is 3.07. The minimum absolute atomic E-state index is 0.189. The molecule has 0 spiro atoms. The molecule has 2 heterocycles. The number of rotatable bonds is 10. The topological polar surface area (TPSA) is 69.0 Å². The van der Waals surface area contributed by atoms with E-state index in [1.165, 1.54) is 5.56 Å². The summed E-state index contributed by atoms with van der Waals surface area (Å²) in [6.45, 7) is 10.7. The van der Waals surface area contributed by atoms with Gasteiger partial charge in [-0.1, -0.05) is 43.7 Å². The zero-order chi connectivity index (χ0) is 24.7. The average molecular weight is 480 g/mol. The molecule has 3 aromatic rings. The lowest BCUT2D eigenvalue weighted by Crippen LogP contribution is -2.48. The summed E-state index contributed by atoms with van der Waals surface area (Å²) >= 11 is 0. The molecule has 1 saturated heterocycles. The van der Waals surface area contributed by atoms with Crippen molar-refractivity contribution in [3.05, 3.63) is 77.9 Å². The summed E-state index contributed by atoms with van der Waals surface area (Å²) in [4.78, 5) is 6.64. The molecule has 1 N–H and O–H groups in total. The Morgan fingerprint density at radius 1 is 1.06 bits per heavy atom. The largest absolute Gasteiger partial charge is 0.492 e. The molecule has 1 fully saturated rings. The molecule has 1 atom stereocenters. The van der Waals surface area contributed by atoms with E-state index in [0.29, 0.717) is 25.7 Å². The second kappa shape index (κ2) is 11.7. The Morgan fingerprint density at radius 2 is 1.77 bits per heavy atom. The minimum Gasteiger partial charge on any atom is -0.492 e. The van der Waals surface area contributed by atoms with Crippen LogP contribution in [-0.2, 0) is 17.8 Å². The molecule has 0 aliphatic carbocycles. The molecular formula is C28H37N3O4. The first-order valence-electron chi connectivity index (χ1n) is 12.3. The van der Waals surface area contributed by atoms with Gasteiger partial charge in [-0.05, 0) is 36.8 Å². The summed E-state index contributed by atoms with van der Waals surface area (Å²) in [6, 6.07) is 16.0. The first-order chi connectivity index (χ1) is 16.9. The molecule has 0 bridgehead atoms. The number of hydrogen-bond donors (Lipinski definition) is 1. The number of benzene rings is 2. The van der Waals surface area contributed by atoms with Gasteiger partial charge in [-0.15, -0.1) is 0 Å². The summed E-state index contributed by atoms with van der Waals surface area (Å²) in [7, 11) is 0.